The van der Waals surface area contributed by atoms with Crippen molar-refractivity contribution < 1.29 is 19.1 Å². The summed E-state index contributed by atoms with van der Waals surface area (Å²) < 4.78 is 6.84. The van der Waals surface area contributed by atoms with Crippen LogP contribution < -0.4 is 4.74 Å². The molecule has 1 aromatic heterocycles. The minimum Gasteiger partial charge on any atom is -0.427 e. The van der Waals surface area contributed by atoms with Gasteiger partial charge in [0.2, 0.25) is 5.78 Å². The van der Waals surface area contributed by atoms with Crippen LogP contribution >= 0.6 is 0 Å². The second kappa shape index (κ2) is 7.15. The highest BCUT2D eigenvalue weighted by Gasteiger charge is 2.22. The number of hydrogen-bond donors (Lipinski definition) is 0. The van der Waals surface area contributed by atoms with Crippen LogP contribution in [0, 0.1) is 0 Å². The molecule has 0 aliphatic rings. The Morgan fingerprint density at radius 3 is 2.45 bits per heavy atom. The molecular formula is C16H15N3O3. The number of rotatable bonds is 6. The van der Waals surface area contributed by atoms with E-state index in [2.05, 4.69) is 4.79 Å². The van der Waals surface area contributed by atoms with Crippen molar-refractivity contribution in [2.75, 3.05) is 0 Å². The van der Waals surface area contributed by atoms with Crippen LogP contribution in [0.5, 0.6) is 5.75 Å². The van der Waals surface area contributed by atoms with Crippen LogP contribution in [0.15, 0.2) is 48.8 Å². The van der Waals surface area contributed by atoms with Gasteiger partial charge in [0.25, 0.3) is 0 Å². The molecule has 6 heteroatoms. The van der Waals surface area contributed by atoms with E-state index in [0.717, 1.165) is 11.8 Å². The van der Waals surface area contributed by atoms with Crippen molar-refractivity contribution >= 4 is 18.0 Å². The van der Waals surface area contributed by atoms with Gasteiger partial charge < -0.3 is 14.8 Å². The highest BCUT2D eigenvalue weighted by atomic mass is 16.5. The first-order valence-corrected chi connectivity index (χ1v) is 6.70. The van der Waals surface area contributed by atoms with Gasteiger partial charge >= 0.3 is 12.2 Å². The molecule has 1 heterocycles. The molecule has 0 saturated carbocycles. The van der Waals surface area contributed by atoms with Gasteiger partial charge in [0, 0.05) is 25.9 Å². The third-order valence-electron chi connectivity index (χ3n) is 3.13. The molecule has 0 bridgehead atoms. The standard InChI is InChI=1S/C16H15N3O3/c1-12(20)22-14-6-4-13(5-7-14)15(16(21)10-18-17)11-19-8-2-3-9-19/h2-10,15H,11H2,1H3. The van der Waals surface area contributed by atoms with Crippen LogP contribution in [0.4, 0.5) is 0 Å². The summed E-state index contributed by atoms with van der Waals surface area (Å²) in [5, 5.41) is 0. The van der Waals surface area contributed by atoms with Crippen LogP contribution in [0.3, 0.4) is 0 Å². The maximum atomic E-state index is 12.1. The number of nitrogens with zero attached hydrogens (tertiary/aromatic N) is 3. The molecule has 2 aromatic rings. The largest absolute Gasteiger partial charge is 0.427 e. The number of esters is 1. The van der Waals surface area contributed by atoms with Gasteiger partial charge in [-0.25, -0.2) is 0 Å². The molecule has 0 amide bonds. The number of Topliss-reactive ketones (excluding diaryl/α,β-unsaturated/α-hetero) is 1. The molecule has 0 N–H and O–H groups in total. The van der Waals surface area contributed by atoms with Crippen molar-refractivity contribution in [3.63, 3.8) is 0 Å². The molecule has 112 valence electrons. The zero-order chi connectivity index (χ0) is 15.9. The lowest BCUT2D eigenvalue weighted by Crippen LogP contribution is -2.19. The fourth-order valence-electron chi connectivity index (χ4n) is 2.14. The maximum absolute atomic E-state index is 12.1. The van der Waals surface area contributed by atoms with E-state index in [1.807, 2.05) is 29.1 Å². The predicted octanol–water partition coefficient (Wildman–Crippen LogP) is 2.07. The molecule has 0 saturated heterocycles. The molecule has 1 aromatic carbocycles. The Hall–Kier alpha value is -2.98. The molecule has 2 rings (SSSR count). The molecule has 0 aliphatic heterocycles. The Morgan fingerprint density at radius 2 is 1.91 bits per heavy atom. The normalized spacial score (nSPS) is 11.3. The third kappa shape index (κ3) is 4.01. The van der Waals surface area contributed by atoms with Crippen molar-refractivity contribution in [2.45, 2.75) is 19.4 Å². The zero-order valence-electron chi connectivity index (χ0n) is 12.0. The number of hydrogen-bond acceptors (Lipinski definition) is 3. The van der Waals surface area contributed by atoms with Crippen LogP contribution in [0.2, 0.25) is 0 Å². The SMILES string of the molecule is CC(=O)Oc1ccc(C(Cn2cccc2)C(=O)C=[N+]=[N-])cc1. The maximum Gasteiger partial charge on any atom is 0.323 e. The van der Waals surface area contributed by atoms with Crippen molar-refractivity contribution in [2.24, 2.45) is 0 Å². The van der Waals surface area contributed by atoms with Gasteiger partial charge in [-0.15, -0.1) is 0 Å². The van der Waals surface area contributed by atoms with Gasteiger partial charge in [-0.05, 0) is 29.8 Å². The minimum absolute atomic E-state index is 0.309. The Morgan fingerprint density at radius 1 is 1.27 bits per heavy atom. The summed E-state index contributed by atoms with van der Waals surface area (Å²) in [7, 11) is 0. The van der Waals surface area contributed by atoms with Gasteiger partial charge in [-0.1, -0.05) is 12.1 Å². The number of aromatic nitrogens is 1. The average molecular weight is 297 g/mol. The van der Waals surface area contributed by atoms with Crippen LogP contribution in [0.25, 0.3) is 5.53 Å². The molecule has 1 atom stereocenters. The molecule has 0 aliphatic carbocycles. The monoisotopic (exact) mass is 297 g/mol. The highest BCUT2D eigenvalue weighted by Crippen LogP contribution is 2.22. The van der Waals surface area contributed by atoms with Crippen molar-refractivity contribution in [3.8, 4) is 5.75 Å². The van der Waals surface area contributed by atoms with E-state index in [1.54, 1.807) is 24.3 Å². The predicted molar refractivity (Wildman–Crippen MR) is 79.6 cm³/mol. The summed E-state index contributed by atoms with van der Waals surface area (Å²) in [5.74, 6) is -0.787. The van der Waals surface area contributed by atoms with Crippen molar-refractivity contribution in [1.82, 2.24) is 4.57 Å². The smallest absolute Gasteiger partial charge is 0.323 e. The average Bonchev–Trinajstić information content (AvgIpc) is 2.98. The number of ketones is 1. The van der Waals surface area contributed by atoms with E-state index < -0.39 is 11.9 Å². The summed E-state index contributed by atoms with van der Waals surface area (Å²) in [6.45, 7) is 1.74. The first-order chi connectivity index (χ1) is 10.6. The second-order valence-electron chi connectivity index (χ2n) is 4.74. The fourth-order valence-corrected chi connectivity index (χ4v) is 2.14. The lowest BCUT2D eigenvalue weighted by Gasteiger charge is -2.14. The lowest BCUT2D eigenvalue weighted by atomic mass is 9.95. The molecule has 0 radical (unpaired) electrons. The Balaban J connectivity index is 2.25. The summed E-state index contributed by atoms with van der Waals surface area (Å²) in [6, 6.07) is 10.4. The lowest BCUT2D eigenvalue weighted by molar-refractivity contribution is -0.131. The van der Waals surface area contributed by atoms with Crippen molar-refractivity contribution in [1.29, 1.82) is 0 Å². The van der Waals surface area contributed by atoms with Crippen molar-refractivity contribution in [3.05, 3.63) is 59.9 Å². The first-order valence-electron chi connectivity index (χ1n) is 6.70. The molecule has 1 unspecified atom stereocenters. The zero-order valence-corrected chi connectivity index (χ0v) is 12.0. The summed E-state index contributed by atoms with van der Waals surface area (Å²) in [6.07, 6.45) is 4.60. The van der Waals surface area contributed by atoms with E-state index in [4.69, 9.17) is 10.3 Å². The fraction of sp³-hybridized carbons (Fsp3) is 0.188. The summed E-state index contributed by atoms with van der Waals surface area (Å²) in [5.41, 5.74) is 9.33. The van der Waals surface area contributed by atoms with E-state index in [-0.39, 0.29) is 5.78 Å². The Bertz CT molecular complexity index is 699. The molecule has 6 nitrogen and oxygen atoms in total. The second-order valence-corrected chi connectivity index (χ2v) is 4.74. The van der Waals surface area contributed by atoms with Crippen LogP contribution in [-0.2, 0) is 16.1 Å². The summed E-state index contributed by atoms with van der Waals surface area (Å²) in [4.78, 5) is 25.9. The van der Waals surface area contributed by atoms with E-state index in [1.165, 1.54) is 6.92 Å². The van der Waals surface area contributed by atoms with Gasteiger partial charge in [-0.2, -0.15) is 4.79 Å². The molecule has 0 spiro atoms. The van der Waals surface area contributed by atoms with Gasteiger partial charge in [0.05, 0.1) is 5.92 Å². The summed E-state index contributed by atoms with van der Waals surface area (Å²) >= 11 is 0. The molecule has 22 heavy (non-hydrogen) atoms. The highest BCUT2D eigenvalue weighted by molar-refractivity contribution is 6.27. The van der Waals surface area contributed by atoms with Gasteiger partial charge in [-0.3, -0.25) is 9.59 Å². The number of carbonyl (C=O) groups is 2. The Labute approximate surface area is 127 Å². The number of ether oxygens (including phenoxy) is 1. The van der Waals surface area contributed by atoms with E-state index >= 15 is 0 Å². The van der Waals surface area contributed by atoms with E-state index in [9.17, 15) is 9.59 Å². The van der Waals surface area contributed by atoms with Crippen LogP contribution in [-0.4, -0.2) is 27.3 Å². The topological polar surface area (TPSA) is 84.7 Å². The van der Waals surface area contributed by atoms with Gasteiger partial charge in [0.1, 0.15) is 5.75 Å². The first kappa shape index (κ1) is 15.4. The van der Waals surface area contributed by atoms with Crippen LogP contribution in [0.1, 0.15) is 18.4 Å². The Kier molecular flexibility index (Phi) is 5.01. The quantitative estimate of drug-likeness (QED) is 0.269. The van der Waals surface area contributed by atoms with Gasteiger partial charge in [0.15, 0.2) is 0 Å². The number of carbonyl (C=O) groups excluding carboxylic acids is 2. The minimum atomic E-state index is -0.491. The molecular weight excluding hydrogens is 282 g/mol. The molecule has 0 fully saturated rings. The number of benzene rings is 1. The third-order valence-corrected chi connectivity index (χ3v) is 3.13. The van der Waals surface area contributed by atoms with E-state index in [0.29, 0.717) is 12.3 Å².